The summed E-state index contributed by atoms with van der Waals surface area (Å²) < 4.78 is 30.1. The molecule has 0 heterocycles. The van der Waals surface area contributed by atoms with E-state index in [9.17, 15) is 4.39 Å². The van der Waals surface area contributed by atoms with Crippen LogP contribution in [0.5, 0.6) is 17.2 Å². The molecule has 0 bridgehead atoms. The average molecular weight is 432 g/mol. The van der Waals surface area contributed by atoms with E-state index in [4.69, 9.17) is 14.2 Å². The first-order valence-corrected chi connectivity index (χ1v) is 9.56. The van der Waals surface area contributed by atoms with Gasteiger partial charge in [0.05, 0.1) is 14.2 Å². The number of hydrogen-bond donors (Lipinski definition) is 1. The highest BCUT2D eigenvalue weighted by molar-refractivity contribution is 5.85. The molecule has 3 rings (SSSR count). The summed E-state index contributed by atoms with van der Waals surface area (Å²) in [5, 5.41) is 3.44. The second-order valence-electron chi connectivity index (χ2n) is 6.64. The van der Waals surface area contributed by atoms with E-state index in [-0.39, 0.29) is 24.8 Å². The molecule has 0 saturated heterocycles. The van der Waals surface area contributed by atoms with Crippen LogP contribution in [0.3, 0.4) is 0 Å². The Balaban J connectivity index is 0.00000320. The van der Waals surface area contributed by atoms with Gasteiger partial charge in [-0.05, 0) is 54.4 Å². The third-order valence-electron chi connectivity index (χ3n) is 4.62. The monoisotopic (exact) mass is 431 g/mol. The fourth-order valence-corrected chi connectivity index (χ4v) is 3.02. The van der Waals surface area contributed by atoms with Gasteiger partial charge in [-0.2, -0.15) is 0 Å². The lowest BCUT2D eigenvalue weighted by molar-refractivity contribution is 0.299. The minimum atomic E-state index is -0.250. The quantitative estimate of drug-likeness (QED) is 0.449. The van der Waals surface area contributed by atoms with Crippen LogP contribution in [0, 0.1) is 5.82 Å². The lowest BCUT2D eigenvalue weighted by Gasteiger charge is -2.11. The SMILES string of the molecule is COc1ccc(CCNCc2cccc(OCc3ccccc3F)c2)cc1OC.Cl. The molecule has 0 radical (unpaired) electrons. The first-order valence-electron chi connectivity index (χ1n) is 9.56. The van der Waals surface area contributed by atoms with Crippen LogP contribution >= 0.6 is 12.4 Å². The molecule has 0 spiro atoms. The summed E-state index contributed by atoms with van der Waals surface area (Å²) in [5.41, 5.74) is 2.84. The Morgan fingerprint density at radius 1 is 0.833 bits per heavy atom. The number of hydrogen-bond acceptors (Lipinski definition) is 4. The zero-order chi connectivity index (χ0) is 20.5. The van der Waals surface area contributed by atoms with E-state index in [2.05, 4.69) is 5.32 Å². The maximum Gasteiger partial charge on any atom is 0.160 e. The van der Waals surface area contributed by atoms with Gasteiger partial charge < -0.3 is 19.5 Å². The Morgan fingerprint density at radius 3 is 2.40 bits per heavy atom. The first-order chi connectivity index (χ1) is 14.2. The zero-order valence-electron chi connectivity index (χ0n) is 17.2. The molecule has 6 heteroatoms. The van der Waals surface area contributed by atoms with E-state index in [1.54, 1.807) is 32.4 Å². The van der Waals surface area contributed by atoms with E-state index in [1.165, 1.54) is 11.6 Å². The van der Waals surface area contributed by atoms with Crippen molar-refractivity contribution in [1.82, 2.24) is 5.32 Å². The van der Waals surface area contributed by atoms with Gasteiger partial charge in [0.2, 0.25) is 0 Å². The van der Waals surface area contributed by atoms with Crippen molar-refractivity contribution in [2.24, 2.45) is 0 Å². The molecule has 0 aliphatic carbocycles. The van der Waals surface area contributed by atoms with Gasteiger partial charge in [0.15, 0.2) is 11.5 Å². The van der Waals surface area contributed by atoms with Crippen molar-refractivity contribution in [3.8, 4) is 17.2 Å². The van der Waals surface area contributed by atoms with Crippen molar-refractivity contribution in [3.63, 3.8) is 0 Å². The molecule has 0 aliphatic heterocycles. The lowest BCUT2D eigenvalue weighted by atomic mass is 10.1. The summed E-state index contributed by atoms with van der Waals surface area (Å²) in [5.74, 6) is 1.95. The van der Waals surface area contributed by atoms with E-state index >= 15 is 0 Å². The number of benzene rings is 3. The van der Waals surface area contributed by atoms with E-state index in [1.807, 2.05) is 42.5 Å². The predicted octanol–water partition coefficient (Wildman–Crippen LogP) is 5.18. The largest absolute Gasteiger partial charge is 0.493 e. The van der Waals surface area contributed by atoms with Crippen LogP contribution in [0.2, 0.25) is 0 Å². The molecule has 4 nitrogen and oxygen atoms in total. The fourth-order valence-electron chi connectivity index (χ4n) is 3.02. The molecule has 0 saturated carbocycles. The highest BCUT2D eigenvalue weighted by Crippen LogP contribution is 2.27. The molecule has 0 aromatic heterocycles. The van der Waals surface area contributed by atoms with Gasteiger partial charge in [-0.15, -0.1) is 12.4 Å². The van der Waals surface area contributed by atoms with Crippen molar-refractivity contribution in [2.45, 2.75) is 19.6 Å². The highest BCUT2D eigenvalue weighted by atomic mass is 35.5. The molecule has 0 amide bonds. The predicted molar refractivity (Wildman–Crippen MR) is 119 cm³/mol. The molecule has 0 aliphatic rings. The summed E-state index contributed by atoms with van der Waals surface area (Å²) >= 11 is 0. The highest BCUT2D eigenvalue weighted by Gasteiger charge is 2.05. The number of nitrogens with one attached hydrogen (secondary N) is 1. The Bertz CT molecular complexity index is 936. The Labute approximate surface area is 183 Å². The number of ether oxygens (including phenoxy) is 3. The van der Waals surface area contributed by atoms with Crippen molar-refractivity contribution < 1.29 is 18.6 Å². The van der Waals surface area contributed by atoms with Gasteiger partial charge in [-0.25, -0.2) is 4.39 Å². The fraction of sp³-hybridized carbons (Fsp3) is 0.250. The topological polar surface area (TPSA) is 39.7 Å². The Kier molecular flexibility index (Phi) is 9.45. The van der Waals surface area contributed by atoms with Crippen LogP contribution in [0.25, 0.3) is 0 Å². The number of methoxy groups -OCH3 is 2. The normalized spacial score (nSPS) is 10.2. The van der Waals surface area contributed by atoms with E-state index in [0.717, 1.165) is 42.3 Å². The summed E-state index contributed by atoms with van der Waals surface area (Å²) in [6.07, 6.45) is 0.879. The van der Waals surface area contributed by atoms with Crippen LogP contribution in [0.4, 0.5) is 4.39 Å². The lowest BCUT2D eigenvalue weighted by Crippen LogP contribution is -2.16. The van der Waals surface area contributed by atoms with Crippen molar-refractivity contribution in [2.75, 3.05) is 20.8 Å². The minimum Gasteiger partial charge on any atom is -0.493 e. The number of rotatable bonds is 10. The molecule has 3 aromatic rings. The Hall–Kier alpha value is -2.76. The Morgan fingerprint density at radius 2 is 1.63 bits per heavy atom. The van der Waals surface area contributed by atoms with Crippen LogP contribution in [-0.2, 0) is 19.6 Å². The molecule has 0 atom stereocenters. The van der Waals surface area contributed by atoms with Gasteiger partial charge in [0.25, 0.3) is 0 Å². The number of halogens is 2. The summed E-state index contributed by atoms with van der Waals surface area (Å²) in [4.78, 5) is 0. The molecule has 0 unspecified atom stereocenters. The summed E-state index contributed by atoms with van der Waals surface area (Å²) in [7, 11) is 3.27. The minimum absolute atomic E-state index is 0. The van der Waals surface area contributed by atoms with Crippen LogP contribution in [-0.4, -0.2) is 20.8 Å². The summed E-state index contributed by atoms with van der Waals surface area (Å²) in [6, 6.07) is 20.5. The summed E-state index contributed by atoms with van der Waals surface area (Å²) in [6.45, 7) is 1.77. The molecular formula is C24H27ClFNO3. The molecule has 1 N–H and O–H groups in total. The van der Waals surface area contributed by atoms with Crippen molar-refractivity contribution in [1.29, 1.82) is 0 Å². The van der Waals surface area contributed by atoms with Gasteiger partial charge >= 0.3 is 0 Å². The molecule has 3 aromatic carbocycles. The third-order valence-corrected chi connectivity index (χ3v) is 4.62. The van der Waals surface area contributed by atoms with Crippen LogP contribution in [0.1, 0.15) is 16.7 Å². The van der Waals surface area contributed by atoms with Gasteiger partial charge in [0, 0.05) is 12.1 Å². The van der Waals surface area contributed by atoms with Crippen LogP contribution < -0.4 is 19.5 Å². The molecule has 30 heavy (non-hydrogen) atoms. The average Bonchev–Trinajstić information content (AvgIpc) is 2.76. The first kappa shape index (κ1) is 23.5. The van der Waals surface area contributed by atoms with Crippen molar-refractivity contribution in [3.05, 3.63) is 89.2 Å². The smallest absolute Gasteiger partial charge is 0.160 e. The van der Waals surface area contributed by atoms with Crippen molar-refractivity contribution >= 4 is 12.4 Å². The zero-order valence-corrected chi connectivity index (χ0v) is 18.0. The van der Waals surface area contributed by atoms with Gasteiger partial charge in [-0.3, -0.25) is 0 Å². The second kappa shape index (κ2) is 12.1. The van der Waals surface area contributed by atoms with E-state index < -0.39 is 0 Å². The molecule has 160 valence electrons. The molecular weight excluding hydrogens is 405 g/mol. The maximum absolute atomic E-state index is 13.7. The second-order valence-corrected chi connectivity index (χ2v) is 6.64. The van der Waals surface area contributed by atoms with E-state index in [0.29, 0.717) is 5.56 Å². The molecule has 0 fully saturated rings. The standard InChI is InChI=1S/C24H26FNO3.ClH/c1-27-23-11-10-18(15-24(23)28-2)12-13-26-16-19-6-5-8-21(14-19)29-17-20-7-3-4-9-22(20)25;/h3-11,14-15,26H,12-13,16-17H2,1-2H3;1H. The third kappa shape index (κ3) is 6.65. The maximum atomic E-state index is 13.7. The van der Waals surface area contributed by atoms with Gasteiger partial charge in [0.1, 0.15) is 18.2 Å². The van der Waals surface area contributed by atoms with Crippen LogP contribution in [0.15, 0.2) is 66.7 Å². The van der Waals surface area contributed by atoms with Gasteiger partial charge in [-0.1, -0.05) is 36.4 Å².